The second kappa shape index (κ2) is 7.08. The molecule has 7 heteroatoms. The van der Waals surface area contributed by atoms with Crippen molar-refractivity contribution < 1.29 is 13.9 Å². The largest absolute Gasteiger partial charge is 0.494 e. The summed E-state index contributed by atoms with van der Waals surface area (Å²) in [5, 5.41) is 13.9. The van der Waals surface area contributed by atoms with Gasteiger partial charge in [0, 0.05) is 46.7 Å². The zero-order valence-corrected chi connectivity index (χ0v) is 12.0. The molecule has 0 aromatic heterocycles. The van der Waals surface area contributed by atoms with E-state index in [1.165, 1.54) is 12.1 Å². The third-order valence-corrected chi connectivity index (χ3v) is 3.28. The Labute approximate surface area is 114 Å². The monoisotopic (exact) mass is 286 g/mol. The van der Waals surface area contributed by atoms with Gasteiger partial charge in [0.1, 0.15) is 5.75 Å². The minimum atomic E-state index is -0.920. The highest BCUT2D eigenvalue weighted by Gasteiger charge is 2.12. The lowest BCUT2D eigenvalue weighted by Gasteiger charge is -2.14. The molecule has 0 aliphatic heterocycles. The predicted octanol–water partition coefficient (Wildman–Crippen LogP) is 2.17. The molecule has 0 radical (unpaired) electrons. The second-order valence-electron chi connectivity index (χ2n) is 4.19. The van der Waals surface area contributed by atoms with E-state index in [1.54, 1.807) is 12.3 Å². The molecule has 0 saturated heterocycles. The van der Waals surface area contributed by atoms with Crippen LogP contribution >= 0.6 is 0 Å². The van der Waals surface area contributed by atoms with Crippen LogP contribution in [0.25, 0.3) is 0 Å². The van der Waals surface area contributed by atoms with Crippen LogP contribution in [0.1, 0.15) is 13.8 Å². The molecular formula is C12H18N2O4S. The average molecular weight is 286 g/mol. The number of nitrogens with one attached hydrogen (secondary N) is 1. The average Bonchev–Trinajstić information content (AvgIpc) is 2.27. The molecule has 106 valence electrons. The van der Waals surface area contributed by atoms with Crippen LogP contribution in [-0.4, -0.2) is 33.8 Å². The van der Waals surface area contributed by atoms with Gasteiger partial charge < -0.3 is 10.1 Å². The predicted molar refractivity (Wildman–Crippen MR) is 76.3 cm³/mol. The van der Waals surface area contributed by atoms with E-state index < -0.39 is 15.7 Å². The molecule has 1 aromatic carbocycles. The Morgan fingerprint density at radius 3 is 2.68 bits per heavy atom. The maximum atomic E-state index is 11.1. The van der Waals surface area contributed by atoms with Crippen LogP contribution in [0.15, 0.2) is 18.2 Å². The Bertz CT molecular complexity index is 479. The SMILES string of the molecule is CCOc1cc(NC(C)CS(C)=O)cc([N+](=O)[O-])c1. The number of anilines is 1. The van der Waals surface area contributed by atoms with Crippen molar-refractivity contribution in [2.24, 2.45) is 0 Å². The quantitative estimate of drug-likeness (QED) is 0.613. The molecule has 0 bridgehead atoms. The van der Waals surface area contributed by atoms with E-state index in [9.17, 15) is 14.3 Å². The summed E-state index contributed by atoms with van der Waals surface area (Å²) in [6.07, 6.45) is 1.62. The van der Waals surface area contributed by atoms with E-state index in [0.717, 1.165) is 0 Å². The molecule has 19 heavy (non-hydrogen) atoms. The number of nitro groups is 1. The molecule has 0 aliphatic rings. The van der Waals surface area contributed by atoms with Gasteiger partial charge in [0.25, 0.3) is 5.69 Å². The smallest absolute Gasteiger partial charge is 0.275 e. The van der Waals surface area contributed by atoms with E-state index >= 15 is 0 Å². The topological polar surface area (TPSA) is 81.5 Å². The van der Waals surface area contributed by atoms with Gasteiger partial charge in [0.2, 0.25) is 0 Å². The standard InChI is InChI=1S/C12H18N2O4S/c1-4-18-12-6-10(5-11(7-12)14(15)16)13-9(2)8-19(3)17/h5-7,9,13H,4,8H2,1-3H3. The van der Waals surface area contributed by atoms with Gasteiger partial charge in [0.05, 0.1) is 17.6 Å². The molecule has 0 fully saturated rings. The molecule has 2 unspecified atom stereocenters. The highest BCUT2D eigenvalue weighted by Crippen LogP contribution is 2.26. The van der Waals surface area contributed by atoms with Gasteiger partial charge in [-0.15, -0.1) is 0 Å². The highest BCUT2D eigenvalue weighted by molar-refractivity contribution is 7.84. The Hall–Kier alpha value is -1.63. The Balaban J connectivity index is 2.92. The lowest BCUT2D eigenvalue weighted by Crippen LogP contribution is -2.22. The van der Waals surface area contributed by atoms with Crippen LogP contribution in [0, 0.1) is 10.1 Å². The molecule has 1 N–H and O–H groups in total. The van der Waals surface area contributed by atoms with Crippen LogP contribution in [0.3, 0.4) is 0 Å². The zero-order valence-electron chi connectivity index (χ0n) is 11.2. The van der Waals surface area contributed by atoms with E-state index in [2.05, 4.69) is 5.32 Å². The van der Waals surface area contributed by atoms with E-state index in [1.807, 2.05) is 13.8 Å². The van der Waals surface area contributed by atoms with Crippen LogP contribution < -0.4 is 10.1 Å². The number of hydrogen-bond acceptors (Lipinski definition) is 5. The summed E-state index contributed by atoms with van der Waals surface area (Å²) >= 11 is 0. The van der Waals surface area contributed by atoms with Crippen LogP contribution in [0.5, 0.6) is 5.75 Å². The number of ether oxygens (including phenoxy) is 1. The number of nitro benzene ring substituents is 1. The number of benzene rings is 1. The minimum Gasteiger partial charge on any atom is -0.494 e. The van der Waals surface area contributed by atoms with Gasteiger partial charge in [-0.3, -0.25) is 14.3 Å². The molecule has 1 rings (SSSR count). The van der Waals surface area contributed by atoms with Gasteiger partial charge in [0.15, 0.2) is 0 Å². The first-order chi connectivity index (χ1) is 8.92. The zero-order chi connectivity index (χ0) is 14.4. The fourth-order valence-electron chi connectivity index (χ4n) is 1.70. The normalized spacial score (nSPS) is 13.6. The van der Waals surface area contributed by atoms with Crippen LogP contribution in [0.2, 0.25) is 0 Å². The molecule has 0 aliphatic carbocycles. The van der Waals surface area contributed by atoms with Crippen molar-refractivity contribution in [3.63, 3.8) is 0 Å². The van der Waals surface area contributed by atoms with Crippen molar-refractivity contribution >= 4 is 22.2 Å². The second-order valence-corrected chi connectivity index (χ2v) is 5.67. The first-order valence-corrected chi connectivity index (χ1v) is 7.64. The fraction of sp³-hybridized carbons (Fsp3) is 0.500. The lowest BCUT2D eigenvalue weighted by atomic mass is 10.2. The third kappa shape index (κ3) is 5.25. The molecule has 0 saturated carbocycles. The third-order valence-electron chi connectivity index (χ3n) is 2.31. The number of rotatable bonds is 7. The summed E-state index contributed by atoms with van der Waals surface area (Å²) in [6, 6.07) is 4.49. The van der Waals surface area contributed by atoms with Crippen molar-refractivity contribution in [2.45, 2.75) is 19.9 Å². The van der Waals surface area contributed by atoms with Crippen molar-refractivity contribution in [1.29, 1.82) is 0 Å². The minimum absolute atomic E-state index is 0.0294. The summed E-state index contributed by atoms with van der Waals surface area (Å²) in [5.74, 6) is 0.927. The van der Waals surface area contributed by atoms with Gasteiger partial charge in [-0.05, 0) is 13.8 Å². The molecule has 0 heterocycles. The number of non-ortho nitro benzene ring substituents is 1. The molecule has 0 amide bonds. The van der Waals surface area contributed by atoms with Gasteiger partial charge >= 0.3 is 0 Å². The molecule has 0 spiro atoms. The van der Waals surface area contributed by atoms with Gasteiger partial charge in [-0.25, -0.2) is 0 Å². The highest BCUT2D eigenvalue weighted by atomic mass is 32.2. The first-order valence-electron chi connectivity index (χ1n) is 5.91. The summed E-state index contributed by atoms with van der Waals surface area (Å²) in [6.45, 7) is 4.13. The van der Waals surface area contributed by atoms with Crippen molar-refractivity contribution in [1.82, 2.24) is 0 Å². The van der Waals surface area contributed by atoms with Gasteiger partial charge in [-0.2, -0.15) is 0 Å². The Morgan fingerprint density at radius 2 is 2.16 bits per heavy atom. The molecular weight excluding hydrogens is 268 g/mol. The van der Waals surface area contributed by atoms with Crippen LogP contribution in [-0.2, 0) is 10.8 Å². The maximum absolute atomic E-state index is 11.1. The number of nitrogens with zero attached hydrogens (tertiary/aromatic N) is 1. The number of hydrogen-bond donors (Lipinski definition) is 1. The lowest BCUT2D eigenvalue weighted by molar-refractivity contribution is -0.384. The maximum Gasteiger partial charge on any atom is 0.275 e. The summed E-state index contributed by atoms with van der Waals surface area (Å²) in [5.41, 5.74) is 0.564. The molecule has 6 nitrogen and oxygen atoms in total. The van der Waals surface area contributed by atoms with Crippen molar-refractivity contribution in [2.75, 3.05) is 23.9 Å². The molecule has 2 atom stereocenters. The summed E-state index contributed by atoms with van der Waals surface area (Å²) < 4.78 is 16.4. The van der Waals surface area contributed by atoms with Crippen LogP contribution in [0.4, 0.5) is 11.4 Å². The van der Waals surface area contributed by atoms with E-state index in [4.69, 9.17) is 4.74 Å². The van der Waals surface area contributed by atoms with Gasteiger partial charge in [-0.1, -0.05) is 0 Å². The Kier molecular flexibility index (Phi) is 5.75. The Morgan fingerprint density at radius 1 is 1.47 bits per heavy atom. The van der Waals surface area contributed by atoms with E-state index in [-0.39, 0.29) is 11.7 Å². The van der Waals surface area contributed by atoms with Crippen molar-refractivity contribution in [3.05, 3.63) is 28.3 Å². The first kappa shape index (κ1) is 15.4. The molecule has 1 aromatic rings. The van der Waals surface area contributed by atoms with E-state index in [0.29, 0.717) is 23.8 Å². The summed E-state index contributed by atoms with van der Waals surface area (Å²) in [7, 11) is -0.920. The summed E-state index contributed by atoms with van der Waals surface area (Å²) in [4.78, 5) is 10.4. The van der Waals surface area contributed by atoms with Crippen molar-refractivity contribution in [3.8, 4) is 5.75 Å². The fourth-order valence-corrected chi connectivity index (χ4v) is 2.49.